The second-order valence-electron chi connectivity index (χ2n) is 5.63. The summed E-state index contributed by atoms with van der Waals surface area (Å²) in [6, 6.07) is 15.3. The number of rotatable bonds is 6. The molecule has 1 aromatic heterocycles. The van der Waals surface area contributed by atoms with Crippen LogP contribution in [0.3, 0.4) is 0 Å². The molecule has 0 bridgehead atoms. The number of aromatic amines is 1. The van der Waals surface area contributed by atoms with Crippen LogP contribution in [-0.4, -0.2) is 23.4 Å². The minimum absolute atomic E-state index is 0.139. The minimum Gasteiger partial charge on any atom is -0.495 e. The summed E-state index contributed by atoms with van der Waals surface area (Å²) < 4.78 is 6.16. The lowest BCUT2D eigenvalue weighted by Crippen LogP contribution is -1.95. The molecular formula is C20H15BrN3O2. The van der Waals surface area contributed by atoms with Crippen LogP contribution in [0.1, 0.15) is 22.6 Å². The van der Waals surface area contributed by atoms with Crippen LogP contribution >= 0.6 is 15.9 Å². The van der Waals surface area contributed by atoms with E-state index in [4.69, 9.17) is 10.00 Å². The first-order chi connectivity index (χ1) is 12.7. The second kappa shape index (κ2) is 7.98. The average molecular weight is 409 g/mol. The fourth-order valence-corrected chi connectivity index (χ4v) is 3.23. The summed E-state index contributed by atoms with van der Waals surface area (Å²) >= 11 is 3.53. The van der Waals surface area contributed by atoms with E-state index in [-0.39, 0.29) is 6.42 Å². The fraction of sp³-hybridized carbons (Fsp3) is 0.150. The molecule has 0 saturated heterocycles. The molecule has 3 aromatic rings. The number of hydrogen-bond acceptors (Lipinski definition) is 4. The highest BCUT2D eigenvalue weighted by Gasteiger charge is 2.15. The molecule has 0 saturated carbocycles. The number of methoxy groups -OCH3 is 1. The molecule has 1 heterocycles. The van der Waals surface area contributed by atoms with Gasteiger partial charge < -0.3 is 9.72 Å². The Morgan fingerprint density at radius 1 is 1.27 bits per heavy atom. The monoisotopic (exact) mass is 408 g/mol. The number of nitrogens with one attached hydrogen (secondary N) is 1. The van der Waals surface area contributed by atoms with Crippen LogP contribution < -0.4 is 4.74 Å². The lowest BCUT2D eigenvalue weighted by molar-refractivity contribution is 0.413. The van der Waals surface area contributed by atoms with Crippen molar-refractivity contribution in [3.63, 3.8) is 0 Å². The van der Waals surface area contributed by atoms with Gasteiger partial charge in [0, 0.05) is 16.5 Å². The van der Waals surface area contributed by atoms with E-state index in [9.17, 15) is 4.79 Å². The number of nitriles is 1. The van der Waals surface area contributed by atoms with Gasteiger partial charge in [0.1, 0.15) is 17.6 Å². The van der Waals surface area contributed by atoms with Crippen molar-refractivity contribution in [2.75, 3.05) is 7.11 Å². The highest BCUT2D eigenvalue weighted by atomic mass is 79.9. The lowest BCUT2D eigenvalue weighted by atomic mass is 10.1. The number of imidazole rings is 1. The number of nitrogens with zero attached hydrogens (tertiary/aromatic N) is 2. The van der Waals surface area contributed by atoms with Gasteiger partial charge in [0.25, 0.3) is 0 Å². The van der Waals surface area contributed by atoms with E-state index in [0.717, 1.165) is 32.8 Å². The normalized spacial score (nSPS) is 10.3. The zero-order valence-electron chi connectivity index (χ0n) is 14.0. The van der Waals surface area contributed by atoms with Crippen molar-refractivity contribution in [1.82, 2.24) is 9.97 Å². The first-order valence-corrected chi connectivity index (χ1v) is 8.70. The Labute approximate surface area is 159 Å². The number of aromatic nitrogens is 2. The highest BCUT2D eigenvalue weighted by Crippen LogP contribution is 2.30. The molecule has 0 fully saturated rings. The molecule has 129 valence electrons. The second-order valence-corrected chi connectivity index (χ2v) is 6.49. The molecule has 1 N–H and O–H groups in total. The van der Waals surface area contributed by atoms with Crippen LogP contribution in [0.4, 0.5) is 0 Å². The topological polar surface area (TPSA) is 78.8 Å². The quantitative estimate of drug-likeness (QED) is 0.669. The Morgan fingerprint density at radius 2 is 2.08 bits per heavy atom. The van der Waals surface area contributed by atoms with Crippen molar-refractivity contribution in [3.8, 4) is 23.1 Å². The standard InChI is InChI=1S/C20H15BrN3O2/c1-26-18-10-13(6-7-14(18)12-22)11-19-23-17(8-9-25)20(24-19)15-4-2-3-5-16(15)21/h2-7,10H,8,11H2,1H3,(H,23,24). The minimum atomic E-state index is 0.139. The van der Waals surface area contributed by atoms with E-state index in [1.54, 1.807) is 6.07 Å². The number of hydrogen-bond donors (Lipinski definition) is 1. The van der Waals surface area contributed by atoms with Gasteiger partial charge in [-0.1, -0.05) is 40.2 Å². The number of ether oxygens (including phenoxy) is 1. The summed E-state index contributed by atoms with van der Waals surface area (Å²) in [5, 5.41) is 9.09. The zero-order valence-corrected chi connectivity index (χ0v) is 15.6. The van der Waals surface area contributed by atoms with E-state index < -0.39 is 0 Å². The lowest BCUT2D eigenvalue weighted by Gasteiger charge is -2.05. The van der Waals surface area contributed by atoms with Crippen LogP contribution in [-0.2, 0) is 17.6 Å². The first-order valence-electron chi connectivity index (χ1n) is 7.91. The summed E-state index contributed by atoms with van der Waals surface area (Å²) in [6.45, 7) is 0. The summed E-state index contributed by atoms with van der Waals surface area (Å²) in [7, 11) is 1.54. The van der Waals surface area contributed by atoms with Gasteiger partial charge in [-0.25, -0.2) is 4.98 Å². The number of benzene rings is 2. The van der Waals surface area contributed by atoms with Crippen molar-refractivity contribution in [3.05, 3.63) is 69.6 Å². The SMILES string of the molecule is COc1cc(Cc2nc(-c3ccccc3Br)c(C[C]=O)[nH]2)ccc1C#N. The van der Waals surface area contributed by atoms with Gasteiger partial charge in [0.2, 0.25) is 6.29 Å². The number of carbonyl (C=O) groups excluding carboxylic acids is 1. The van der Waals surface area contributed by atoms with Crippen LogP contribution in [0, 0.1) is 11.3 Å². The average Bonchev–Trinajstić information content (AvgIpc) is 3.04. The van der Waals surface area contributed by atoms with Gasteiger partial charge >= 0.3 is 0 Å². The molecule has 0 unspecified atom stereocenters. The Bertz CT molecular complexity index is 989. The summed E-state index contributed by atoms with van der Waals surface area (Å²) in [4.78, 5) is 18.8. The van der Waals surface area contributed by atoms with E-state index in [1.807, 2.05) is 42.7 Å². The molecule has 0 amide bonds. The third-order valence-electron chi connectivity index (χ3n) is 3.96. The molecule has 5 nitrogen and oxygen atoms in total. The van der Waals surface area contributed by atoms with Gasteiger partial charge in [-0.15, -0.1) is 0 Å². The fourth-order valence-electron chi connectivity index (χ4n) is 2.75. The molecule has 3 rings (SSSR count). The Kier molecular flexibility index (Phi) is 5.49. The smallest absolute Gasteiger partial charge is 0.204 e. The molecule has 2 aromatic carbocycles. The van der Waals surface area contributed by atoms with E-state index >= 15 is 0 Å². The number of H-pyrrole nitrogens is 1. The van der Waals surface area contributed by atoms with Crippen molar-refractivity contribution in [2.45, 2.75) is 12.8 Å². The van der Waals surface area contributed by atoms with Crippen LogP contribution in [0.2, 0.25) is 0 Å². The van der Waals surface area contributed by atoms with Crippen LogP contribution in [0.25, 0.3) is 11.3 Å². The van der Waals surface area contributed by atoms with E-state index in [2.05, 4.69) is 32.0 Å². The van der Waals surface area contributed by atoms with Gasteiger partial charge in [0.05, 0.1) is 30.5 Å². The van der Waals surface area contributed by atoms with Crippen molar-refractivity contribution in [2.24, 2.45) is 0 Å². The molecule has 0 atom stereocenters. The predicted octanol–water partition coefficient (Wildman–Crippen LogP) is 3.96. The van der Waals surface area contributed by atoms with Gasteiger partial charge in [-0.05, 0) is 23.8 Å². The third kappa shape index (κ3) is 3.68. The van der Waals surface area contributed by atoms with Crippen molar-refractivity contribution < 1.29 is 9.53 Å². The Balaban J connectivity index is 1.97. The number of halogens is 1. The maximum absolute atomic E-state index is 10.9. The first kappa shape index (κ1) is 17.9. The Hall–Kier alpha value is -2.91. The molecule has 0 aliphatic carbocycles. The van der Waals surface area contributed by atoms with Crippen molar-refractivity contribution in [1.29, 1.82) is 5.26 Å². The molecule has 1 radical (unpaired) electrons. The highest BCUT2D eigenvalue weighted by molar-refractivity contribution is 9.10. The summed E-state index contributed by atoms with van der Waals surface area (Å²) in [5.74, 6) is 1.26. The maximum atomic E-state index is 10.9. The summed E-state index contributed by atoms with van der Waals surface area (Å²) in [5.41, 5.74) is 3.81. The predicted molar refractivity (Wildman–Crippen MR) is 102 cm³/mol. The van der Waals surface area contributed by atoms with Gasteiger partial charge in [0.15, 0.2) is 0 Å². The largest absolute Gasteiger partial charge is 0.495 e. The molecule has 26 heavy (non-hydrogen) atoms. The van der Waals surface area contributed by atoms with E-state index in [1.165, 1.54) is 7.11 Å². The maximum Gasteiger partial charge on any atom is 0.204 e. The molecule has 6 heteroatoms. The molecule has 0 spiro atoms. The van der Waals surface area contributed by atoms with E-state index in [0.29, 0.717) is 17.7 Å². The van der Waals surface area contributed by atoms with Gasteiger partial charge in [-0.2, -0.15) is 5.26 Å². The zero-order chi connectivity index (χ0) is 18.5. The molecular weight excluding hydrogens is 394 g/mol. The van der Waals surface area contributed by atoms with Crippen LogP contribution in [0.5, 0.6) is 5.75 Å². The van der Waals surface area contributed by atoms with Crippen molar-refractivity contribution >= 4 is 22.2 Å². The van der Waals surface area contributed by atoms with Crippen LogP contribution in [0.15, 0.2) is 46.9 Å². The summed E-state index contributed by atoms with van der Waals surface area (Å²) in [6.07, 6.45) is 2.60. The Morgan fingerprint density at radius 3 is 2.77 bits per heavy atom. The molecule has 0 aliphatic heterocycles. The molecule has 0 aliphatic rings. The van der Waals surface area contributed by atoms with Gasteiger partial charge in [-0.3, -0.25) is 4.79 Å². The third-order valence-corrected chi connectivity index (χ3v) is 4.66.